The molecule has 3 unspecified atom stereocenters. The van der Waals surface area contributed by atoms with E-state index in [1.165, 1.54) is 6.42 Å². The van der Waals surface area contributed by atoms with Crippen LogP contribution in [0.1, 0.15) is 19.8 Å². The Bertz CT molecular complexity index is 162. The van der Waals surface area contributed by atoms with Crippen molar-refractivity contribution in [3.05, 3.63) is 12.2 Å². The van der Waals surface area contributed by atoms with E-state index in [0.29, 0.717) is 11.3 Å². The maximum atomic E-state index is 9.33. The average molecular weight is 124 g/mol. The number of hydrogen-bond donors (Lipinski definition) is 1. The monoisotopic (exact) mass is 124 g/mol. The summed E-state index contributed by atoms with van der Waals surface area (Å²) in [5, 5.41) is 9.33. The second-order valence-corrected chi connectivity index (χ2v) is 3.65. The summed E-state index contributed by atoms with van der Waals surface area (Å²) < 4.78 is 0. The molecule has 0 aromatic rings. The molecule has 1 fully saturated rings. The molecule has 0 heterocycles. The number of aliphatic hydroxyl groups excluding tert-OH is 1. The fourth-order valence-electron chi connectivity index (χ4n) is 2.08. The molecule has 0 spiro atoms. The predicted molar refractivity (Wildman–Crippen MR) is 36.0 cm³/mol. The van der Waals surface area contributed by atoms with Crippen LogP contribution in [0.4, 0.5) is 0 Å². The molecule has 0 aromatic heterocycles. The van der Waals surface area contributed by atoms with Crippen molar-refractivity contribution in [2.75, 3.05) is 0 Å². The highest BCUT2D eigenvalue weighted by atomic mass is 16.3. The molecule has 9 heavy (non-hydrogen) atoms. The smallest absolute Gasteiger partial charge is 0.0611 e. The summed E-state index contributed by atoms with van der Waals surface area (Å²) in [5.41, 5.74) is 0.351. The van der Waals surface area contributed by atoms with E-state index in [2.05, 4.69) is 19.1 Å². The van der Waals surface area contributed by atoms with Gasteiger partial charge in [-0.15, -0.1) is 0 Å². The molecule has 0 radical (unpaired) electrons. The van der Waals surface area contributed by atoms with E-state index in [9.17, 15) is 5.11 Å². The lowest BCUT2D eigenvalue weighted by Crippen LogP contribution is -2.14. The molecule has 3 atom stereocenters. The maximum absolute atomic E-state index is 9.33. The van der Waals surface area contributed by atoms with E-state index in [4.69, 9.17) is 0 Å². The van der Waals surface area contributed by atoms with Crippen LogP contribution in [0.25, 0.3) is 0 Å². The Balaban J connectivity index is 2.30. The Morgan fingerprint density at radius 2 is 2.33 bits per heavy atom. The van der Waals surface area contributed by atoms with Crippen molar-refractivity contribution < 1.29 is 5.11 Å². The van der Waals surface area contributed by atoms with Gasteiger partial charge in [0.25, 0.3) is 0 Å². The van der Waals surface area contributed by atoms with Gasteiger partial charge in [0, 0.05) is 5.92 Å². The number of fused-ring (bicyclic) bond motifs is 2. The van der Waals surface area contributed by atoms with Gasteiger partial charge in [0.15, 0.2) is 0 Å². The molecule has 0 amide bonds. The normalized spacial score (nSPS) is 54.9. The summed E-state index contributed by atoms with van der Waals surface area (Å²) in [6.45, 7) is 2.22. The van der Waals surface area contributed by atoms with Crippen molar-refractivity contribution in [3.63, 3.8) is 0 Å². The predicted octanol–water partition coefficient (Wildman–Crippen LogP) is 1.33. The van der Waals surface area contributed by atoms with Crippen molar-refractivity contribution in [2.24, 2.45) is 11.3 Å². The second kappa shape index (κ2) is 1.40. The third-order valence-electron chi connectivity index (χ3n) is 2.62. The van der Waals surface area contributed by atoms with Gasteiger partial charge >= 0.3 is 0 Å². The molecular formula is C8H12O. The molecule has 0 aliphatic heterocycles. The summed E-state index contributed by atoms with van der Waals surface area (Å²) in [6, 6.07) is 0. The van der Waals surface area contributed by atoms with Crippen LogP contribution in [0.15, 0.2) is 12.2 Å². The van der Waals surface area contributed by atoms with E-state index in [1.54, 1.807) is 0 Å². The van der Waals surface area contributed by atoms with Gasteiger partial charge in [0.1, 0.15) is 0 Å². The fourth-order valence-corrected chi connectivity index (χ4v) is 2.08. The highest BCUT2D eigenvalue weighted by Gasteiger charge is 2.42. The van der Waals surface area contributed by atoms with E-state index >= 15 is 0 Å². The van der Waals surface area contributed by atoms with Crippen molar-refractivity contribution in [2.45, 2.75) is 25.9 Å². The van der Waals surface area contributed by atoms with Crippen LogP contribution < -0.4 is 0 Å². The van der Waals surface area contributed by atoms with Crippen LogP contribution in [0.3, 0.4) is 0 Å². The lowest BCUT2D eigenvalue weighted by molar-refractivity contribution is 0.142. The van der Waals surface area contributed by atoms with Gasteiger partial charge in [-0.05, 0) is 18.3 Å². The van der Waals surface area contributed by atoms with Gasteiger partial charge < -0.3 is 5.11 Å². The van der Waals surface area contributed by atoms with Crippen LogP contribution in [0.5, 0.6) is 0 Å². The summed E-state index contributed by atoms with van der Waals surface area (Å²) in [6.07, 6.45) is 6.53. The zero-order valence-electron chi connectivity index (χ0n) is 5.67. The van der Waals surface area contributed by atoms with Crippen LogP contribution in [0.2, 0.25) is 0 Å². The van der Waals surface area contributed by atoms with E-state index in [1.807, 2.05) is 0 Å². The van der Waals surface area contributed by atoms with Crippen LogP contribution in [-0.4, -0.2) is 11.2 Å². The largest absolute Gasteiger partial charge is 0.392 e. The van der Waals surface area contributed by atoms with Crippen molar-refractivity contribution in [1.29, 1.82) is 0 Å². The minimum Gasteiger partial charge on any atom is -0.392 e. The lowest BCUT2D eigenvalue weighted by Gasteiger charge is -2.17. The molecule has 2 aliphatic rings. The molecule has 0 aromatic carbocycles. The third kappa shape index (κ3) is 0.645. The Kier molecular flexibility index (Phi) is 0.854. The highest BCUT2D eigenvalue weighted by molar-refractivity contribution is 5.16. The molecule has 2 rings (SSSR count). The molecule has 1 N–H and O–H groups in total. The summed E-state index contributed by atoms with van der Waals surface area (Å²) in [4.78, 5) is 0. The first-order chi connectivity index (χ1) is 4.20. The maximum Gasteiger partial charge on any atom is 0.0611 e. The van der Waals surface area contributed by atoms with Gasteiger partial charge in [-0.2, -0.15) is 0 Å². The fraction of sp³-hybridized carbons (Fsp3) is 0.750. The minimum absolute atomic E-state index is 0.0417. The first kappa shape index (κ1) is 5.48. The first-order valence-corrected chi connectivity index (χ1v) is 3.57. The van der Waals surface area contributed by atoms with Crippen molar-refractivity contribution >= 4 is 0 Å². The zero-order valence-corrected chi connectivity index (χ0v) is 5.67. The van der Waals surface area contributed by atoms with Gasteiger partial charge in [-0.1, -0.05) is 19.1 Å². The summed E-state index contributed by atoms with van der Waals surface area (Å²) in [5.74, 6) is 0.481. The second-order valence-electron chi connectivity index (χ2n) is 3.65. The topological polar surface area (TPSA) is 20.2 Å². The van der Waals surface area contributed by atoms with Crippen molar-refractivity contribution in [1.82, 2.24) is 0 Å². The molecule has 2 bridgehead atoms. The molecule has 50 valence electrons. The highest BCUT2D eigenvalue weighted by Crippen LogP contribution is 2.48. The van der Waals surface area contributed by atoms with Crippen LogP contribution >= 0.6 is 0 Å². The molecule has 0 saturated heterocycles. The van der Waals surface area contributed by atoms with E-state index in [-0.39, 0.29) is 6.10 Å². The Labute approximate surface area is 55.4 Å². The Morgan fingerprint density at radius 3 is 2.56 bits per heavy atom. The third-order valence-corrected chi connectivity index (χ3v) is 2.62. The number of hydrogen-bond acceptors (Lipinski definition) is 1. The molecule has 1 nitrogen and oxygen atoms in total. The SMILES string of the molecule is CC12C=CC(C1)C(O)C2. The molecule has 1 saturated carbocycles. The molecule has 2 aliphatic carbocycles. The zero-order chi connectivity index (χ0) is 6.48. The van der Waals surface area contributed by atoms with E-state index in [0.717, 1.165) is 6.42 Å². The van der Waals surface area contributed by atoms with E-state index < -0.39 is 0 Å². The van der Waals surface area contributed by atoms with Gasteiger partial charge in [0.2, 0.25) is 0 Å². The Morgan fingerprint density at radius 1 is 1.56 bits per heavy atom. The summed E-state index contributed by atoms with van der Waals surface area (Å²) >= 11 is 0. The quantitative estimate of drug-likeness (QED) is 0.483. The number of allylic oxidation sites excluding steroid dienone is 1. The van der Waals surface area contributed by atoms with Gasteiger partial charge in [0.05, 0.1) is 6.10 Å². The summed E-state index contributed by atoms with van der Waals surface area (Å²) in [7, 11) is 0. The Hall–Kier alpha value is -0.300. The average Bonchev–Trinajstić information content (AvgIpc) is 2.20. The van der Waals surface area contributed by atoms with Gasteiger partial charge in [-0.3, -0.25) is 0 Å². The number of rotatable bonds is 0. The van der Waals surface area contributed by atoms with Crippen LogP contribution in [-0.2, 0) is 0 Å². The lowest BCUT2D eigenvalue weighted by atomic mass is 9.90. The standard InChI is InChI=1S/C8H12O/c1-8-3-2-6(4-8)7(9)5-8/h2-3,6-7,9H,4-5H2,1H3. The minimum atomic E-state index is -0.0417. The first-order valence-electron chi connectivity index (χ1n) is 3.57. The molecule has 1 heteroatoms. The number of aliphatic hydroxyl groups is 1. The van der Waals surface area contributed by atoms with Gasteiger partial charge in [-0.25, -0.2) is 0 Å². The molecular weight excluding hydrogens is 112 g/mol. The van der Waals surface area contributed by atoms with Crippen LogP contribution in [0, 0.1) is 11.3 Å². The van der Waals surface area contributed by atoms with Crippen molar-refractivity contribution in [3.8, 4) is 0 Å².